The molecule has 6 nitrogen and oxygen atoms in total. The molecule has 0 radical (unpaired) electrons. The standard InChI is InChI=1S/C13H9ClN2O4/c14-7-1-2-11(17)9(5-7)12(18)16-10-6-15-4-3-8(10)13(19)20/h1-6,17H,(H,16,18)(H,19,20). The first kappa shape index (κ1) is 13.8. The van der Waals surface area contributed by atoms with Gasteiger partial charge in [0, 0.05) is 11.2 Å². The summed E-state index contributed by atoms with van der Waals surface area (Å²) >= 11 is 5.75. The minimum Gasteiger partial charge on any atom is -0.507 e. The summed E-state index contributed by atoms with van der Waals surface area (Å²) in [6.45, 7) is 0. The zero-order valence-electron chi connectivity index (χ0n) is 10.0. The molecule has 0 saturated carbocycles. The Morgan fingerprint density at radius 3 is 2.65 bits per heavy atom. The van der Waals surface area contributed by atoms with Crippen molar-refractivity contribution in [1.82, 2.24) is 4.98 Å². The lowest BCUT2D eigenvalue weighted by Crippen LogP contribution is -2.15. The quantitative estimate of drug-likeness (QED) is 0.806. The van der Waals surface area contributed by atoms with E-state index in [2.05, 4.69) is 10.3 Å². The van der Waals surface area contributed by atoms with Crippen LogP contribution in [0.25, 0.3) is 0 Å². The Kier molecular flexibility index (Phi) is 3.86. The number of amides is 1. The van der Waals surface area contributed by atoms with Gasteiger partial charge in [0.25, 0.3) is 5.91 Å². The van der Waals surface area contributed by atoms with Crippen LogP contribution >= 0.6 is 11.6 Å². The van der Waals surface area contributed by atoms with E-state index in [9.17, 15) is 14.7 Å². The predicted octanol–water partition coefficient (Wildman–Crippen LogP) is 2.39. The average molecular weight is 293 g/mol. The van der Waals surface area contributed by atoms with Crippen LogP contribution in [0.2, 0.25) is 5.02 Å². The van der Waals surface area contributed by atoms with Crippen LogP contribution in [-0.2, 0) is 0 Å². The molecule has 0 fully saturated rings. The van der Waals surface area contributed by atoms with E-state index < -0.39 is 11.9 Å². The predicted molar refractivity (Wildman–Crippen MR) is 72.3 cm³/mol. The summed E-state index contributed by atoms with van der Waals surface area (Å²) in [4.78, 5) is 26.8. The average Bonchev–Trinajstić information content (AvgIpc) is 2.41. The van der Waals surface area contributed by atoms with Crippen LogP contribution < -0.4 is 5.32 Å². The molecule has 0 saturated heterocycles. The van der Waals surface area contributed by atoms with Crippen LogP contribution in [0.3, 0.4) is 0 Å². The van der Waals surface area contributed by atoms with Gasteiger partial charge >= 0.3 is 5.97 Å². The number of phenolic OH excluding ortho intramolecular Hbond substituents is 1. The first-order valence-electron chi connectivity index (χ1n) is 5.46. The third-order valence-electron chi connectivity index (χ3n) is 2.50. The van der Waals surface area contributed by atoms with Crippen molar-refractivity contribution in [3.8, 4) is 5.75 Å². The molecule has 2 rings (SSSR count). The normalized spacial score (nSPS) is 10.1. The van der Waals surface area contributed by atoms with Crippen molar-refractivity contribution in [2.45, 2.75) is 0 Å². The number of aromatic hydroxyl groups is 1. The highest BCUT2D eigenvalue weighted by atomic mass is 35.5. The van der Waals surface area contributed by atoms with E-state index in [0.717, 1.165) is 0 Å². The van der Waals surface area contributed by atoms with Crippen molar-refractivity contribution in [3.63, 3.8) is 0 Å². The topological polar surface area (TPSA) is 99.5 Å². The molecule has 3 N–H and O–H groups in total. The number of phenols is 1. The number of aromatic carboxylic acids is 1. The van der Waals surface area contributed by atoms with E-state index in [1.807, 2.05) is 0 Å². The van der Waals surface area contributed by atoms with Gasteiger partial charge in [-0.05, 0) is 24.3 Å². The molecular weight excluding hydrogens is 284 g/mol. The number of nitrogens with zero attached hydrogens (tertiary/aromatic N) is 1. The Morgan fingerprint density at radius 1 is 1.20 bits per heavy atom. The highest BCUT2D eigenvalue weighted by molar-refractivity contribution is 6.31. The van der Waals surface area contributed by atoms with Gasteiger partial charge in [-0.15, -0.1) is 0 Å². The maximum atomic E-state index is 12.0. The second kappa shape index (κ2) is 5.58. The SMILES string of the molecule is O=C(Nc1cnccc1C(=O)O)c1cc(Cl)ccc1O. The number of aromatic nitrogens is 1. The zero-order valence-corrected chi connectivity index (χ0v) is 10.8. The number of carbonyl (C=O) groups is 2. The number of carboxylic acid groups (broad SMARTS) is 1. The molecule has 2 aromatic rings. The highest BCUT2D eigenvalue weighted by Crippen LogP contribution is 2.23. The molecule has 102 valence electrons. The van der Waals surface area contributed by atoms with E-state index in [-0.39, 0.29) is 27.6 Å². The highest BCUT2D eigenvalue weighted by Gasteiger charge is 2.16. The number of carboxylic acids is 1. The maximum absolute atomic E-state index is 12.0. The van der Waals surface area contributed by atoms with Gasteiger partial charge in [0.15, 0.2) is 0 Å². The van der Waals surface area contributed by atoms with Crippen LogP contribution in [0.5, 0.6) is 5.75 Å². The summed E-state index contributed by atoms with van der Waals surface area (Å²) in [6, 6.07) is 5.25. The molecule has 7 heteroatoms. The van der Waals surface area contributed by atoms with Gasteiger partial charge in [-0.3, -0.25) is 9.78 Å². The van der Waals surface area contributed by atoms with Crippen LogP contribution in [0.15, 0.2) is 36.7 Å². The summed E-state index contributed by atoms with van der Waals surface area (Å²) in [5.74, 6) is -2.13. The molecule has 0 unspecified atom stereocenters. The Balaban J connectivity index is 2.33. The number of benzene rings is 1. The van der Waals surface area contributed by atoms with Crippen molar-refractivity contribution < 1.29 is 19.8 Å². The molecule has 1 amide bonds. The van der Waals surface area contributed by atoms with E-state index in [4.69, 9.17) is 16.7 Å². The van der Waals surface area contributed by atoms with Gasteiger partial charge in [0.1, 0.15) is 5.75 Å². The molecule has 1 aromatic heterocycles. The molecule has 20 heavy (non-hydrogen) atoms. The molecule has 0 aliphatic heterocycles. The first-order chi connectivity index (χ1) is 9.49. The van der Waals surface area contributed by atoms with Crippen LogP contribution in [-0.4, -0.2) is 27.1 Å². The lowest BCUT2D eigenvalue weighted by atomic mass is 10.1. The van der Waals surface area contributed by atoms with Gasteiger partial charge in [0.05, 0.1) is 23.0 Å². The third kappa shape index (κ3) is 2.86. The maximum Gasteiger partial charge on any atom is 0.337 e. The fraction of sp³-hybridized carbons (Fsp3) is 0. The second-order valence-corrected chi connectivity index (χ2v) is 4.28. The number of halogens is 1. The van der Waals surface area contributed by atoms with Gasteiger partial charge < -0.3 is 15.5 Å². The van der Waals surface area contributed by atoms with Gasteiger partial charge in [-0.25, -0.2) is 4.79 Å². The molecule has 0 spiro atoms. The Bertz CT molecular complexity index is 688. The number of rotatable bonds is 3. The number of carbonyl (C=O) groups excluding carboxylic acids is 1. The Hall–Kier alpha value is -2.60. The lowest BCUT2D eigenvalue weighted by molar-refractivity contribution is 0.0698. The minimum atomic E-state index is -1.20. The van der Waals surface area contributed by atoms with Crippen molar-refractivity contribution in [2.75, 3.05) is 5.32 Å². The van der Waals surface area contributed by atoms with Gasteiger partial charge in [0.2, 0.25) is 0 Å². The fourth-order valence-corrected chi connectivity index (χ4v) is 1.73. The van der Waals surface area contributed by atoms with Crippen LogP contribution in [0.4, 0.5) is 5.69 Å². The number of anilines is 1. The van der Waals surface area contributed by atoms with E-state index in [1.165, 1.54) is 36.7 Å². The van der Waals surface area contributed by atoms with E-state index in [1.54, 1.807) is 0 Å². The number of hydrogen-bond donors (Lipinski definition) is 3. The van der Waals surface area contributed by atoms with Gasteiger partial charge in [-0.1, -0.05) is 11.6 Å². The smallest absolute Gasteiger partial charge is 0.337 e. The minimum absolute atomic E-state index is 0.0318. The largest absolute Gasteiger partial charge is 0.507 e. The molecule has 0 atom stereocenters. The summed E-state index contributed by atoms with van der Waals surface area (Å²) in [6.07, 6.45) is 2.51. The molecule has 0 bridgehead atoms. The summed E-state index contributed by atoms with van der Waals surface area (Å²) in [5, 5.41) is 21.3. The van der Waals surface area contributed by atoms with Gasteiger partial charge in [-0.2, -0.15) is 0 Å². The number of hydrogen-bond acceptors (Lipinski definition) is 4. The fourth-order valence-electron chi connectivity index (χ4n) is 1.56. The lowest BCUT2D eigenvalue weighted by Gasteiger charge is -2.09. The first-order valence-corrected chi connectivity index (χ1v) is 5.84. The number of pyridine rings is 1. The summed E-state index contributed by atoms with van der Waals surface area (Å²) in [7, 11) is 0. The summed E-state index contributed by atoms with van der Waals surface area (Å²) in [5.41, 5.74) is -0.128. The van der Waals surface area contributed by atoms with E-state index >= 15 is 0 Å². The third-order valence-corrected chi connectivity index (χ3v) is 2.74. The molecule has 1 aromatic carbocycles. The summed E-state index contributed by atoms with van der Waals surface area (Å²) < 4.78 is 0. The molecule has 0 aliphatic rings. The Labute approximate surface area is 118 Å². The second-order valence-electron chi connectivity index (χ2n) is 3.84. The van der Waals surface area contributed by atoms with E-state index in [0.29, 0.717) is 0 Å². The van der Waals surface area contributed by atoms with Crippen LogP contribution in [0, 0.1) is 0 Å². The zero-order chi connectivity index (χ0) is 14.7. The monoisotopic (exact) mass is 292 g/mol. The number of nitrogens with one attached hydrogen (secondary N) is 1. The van der Waals surface area contributed by atoms with Crippen molar-refractivity contribution in [2.24, 2.45) is 0 Å². The molecular formula is C13H9ClN2O4. The van der Waals surface area contributed by atoms with Crippen LogP contribution in [0.1, 0.15) is 20.7 Å². The molecule has 0 aliphatic carbocycles. The molecule has 1 heterocycles. The Morgan fingerprint density at radius 2 is 1.95 bits per heavy atom. The van der Waals surface area contributed by atoms with Crippen molar-refractivity contribution >= 4 is 29.2 Å². The van der Waals surface area contributed by atoms with Crippen molar-refractivity contribution in [1.29, 1.82) is 0 Å². The van der Waals surface area contributed by atoms with Crippen molar-refractivity contribution in [3.05, 3.63) is 52.8 Å².